The van der Waals surface area contributed by atoms with Crippen LogP contribution in [0.1, 0.15) is 10.5 Å². The number of hydrogen-bond acceptors (Lipinski definition) is 3. The van der Waals surface area contributed by atoms with Crippen molar-refractivity contribution in [2.24, 2.45) is 0 Å². The Morgan fingerprint density at radius 2 is 1.82 bits per heavy atom. The standard InChI is InChI=1S/C16H11F2N3O/c17-10-5-6-12(19)14-9(10)7-8-20-15(14)16(22)21-13-4-2-1-3-11(13)18/h1-8H,19H2,(H,21,22). The van der Waals surface area contributed by atoms with E-state index >= 15 is 0 Å². The zero-order valence-electron chi connectivity index (χ0n) is 11.3. The number of anilines is 2. The number of rotatable bonds is 2. The molecule has 0 aliphatic heterocycles. The van der Waals surface area contributed by atoms with Gasteiger partial charge in [0.2, 0.25) is 0 Å². The Labute approximate surface area is 124 Å². The summed E-state index contributed by atoms with van der Waals surface area (Å²) in [4.78, 5) is 16.3. The number of benzene rings is 2. The quantitative estimate of drug-likeness (QED) is 0.713. The Morgan fingerprint density at radius 1 is 1.05 bits per heavy atom. The maximum absolute atomic E-state index is 13.8. The molecule has 22 heavy (non-hydrogen) atoms. The third-order valence-electron chi connectivity index (χ3n) is 3.24. The van der Waals surface area contributed by atoms with Crippen LogP contribution >= 0.6 is 0 Å². The Morgan fingerprint density at radius 3 is 2.59 bits per heavy atom. The number of nitrogens with one attached hydrogen (secondary N) is 1. The van der Waals surface area contributed by atoms with Gasteiger partial charge in [0.1, 0.15) is 17.3 Å². The van der Waals surface area contributed by atoms with Crippen LogP contribution in [-0.4, -0.2) is 10.9 Å². The molecule has 0 bridgehead atoms. The number of nitrogens with two attached hydrogens (primary N) is 1. The molecule has 0 radical (unpaired) electrons. The third kappa shape index (κ3) is 2.35. The van der Waals surface area contributed by atoms with Gasteiger partial charge >= 0.3 is 0 Å². The highest BCUT2D eigenvalue weighted by Gasteiger charge is 2.17. The van der Waals surface area contributed by atoms with Crippen molar-refractivity contribution in [3.05, 3.63) is 66.0 Å². The molecule has 6 heteroatoms. The van der Waals surface area contributed by atoms with E-state index in [1.54, 1.807) is 6.07 Å². The van der Waals surface area contributed by atoms with Crippen LogP contribution in [0.25, 0.3) is 10.8 Å². The first-order valence-corrected chi connectivity index (χ1v) is 6.46. The summed E-state index contributed by atoms with van der Waals surface area (Å²) in [5.41, 5.74) is 6.01. The highest BCUT2D eigenvalue weighted by atomic mass is 19.1. The van der Waals surface area contributed by atoms with Gasteiger partial charge < -0.3 is 11.1 Å². The van der Waals surface area contributed by atoms with E-state index in [4.69, 9.17) is 5.73 Å². The lowest BCUT2D eigenvalue weighted by molar-refractivity contribution is 0.102. The smallest absolute Gasteiger partial charge is 0.275 e. The van der Waals surface area contributed by atoms with E-state index in [1.807, 2.05) is 0 Å². The number of hydrogen-bond donors (Lipinski definition) is 2. The third-order valence-corrected chi connectivity index (χ3v) is 3.24. The van der Waals surface area contributed by atoms with Gasteiger partial charge in [-0.25, -0.2) is 8.78 Å². The van der Waals surface area contributed by atoms with Crippen molar-refractivity contribution in [3.63, 3.8) is 0 Å². The molecular weight excluding hydrogens is 288 g/mol. The van der Waals surface area contributed by atoms with Gasteiger partial charge in [0, 0.05) is 22.7 Å². The molecule has 1 amide bonds. The van der Waals surface area contributed by atoms with Crippen LogP contribution in [0, 0.1) is 11.6 Å². The Bertz CT molecular complexity index is 880. The predicted octanol–water partition coefficient (Wildman–Crippen LogP) is 3.35. The van der Waals surface area contributed by atoms with Crippen molar-refractivity contribution >= 4 is 28.1 Å². The predicted molar refractivity (Wildman–Crippen MR) is 80.5 cm³/mol. The highest BCUT2D eigenvalue weighted by Crippen LogP contribution is 2.26. The molecule has 3 rings (SSSR count). The number of halogens is 2. The molecule has 0 spiro atoms. The average Bonchev–Trinajstić information content (AvgIpc) is 2.53. The second-order valence-electron chi connectivity index (χ2n) is 4.65. The van der Waals surface area contributed by atoms with Crippen molar-refractivity contribution in [2.75, 3.05) is 11.1 Å². The first-order valence-electron chi connectivity index (χ1n) is 6.46. The number of nitrogens with zero attached hydrogens (tertiary/aromatic N) is 1. The average molecular weight is 299 g/mol. The number of fused-ring (bicyclic) bond motifs is 1. The fourth-order valence-corrected chi connectivity index (χ4v) is 2.21. The molecule has 1 heterocycles. The fourth-order valence-electron chi connectivity index (χ4n) is 2.21. The topological polar surface area (TPSA) is 68.0 Å². The molecule has 0 fully saturated rings. The van der Waals surface area contributed by atoms with Crippen LogP contribution in [0.5, 0.6) is 0 Å². The van der Waals surface area contributed by atoms with Crippen LogP contribution in [0.2, 0.25) is 0 Å². The number of nitrogen functional groups attached to an aromatic ring is 1. The number of para-hydroxylation sites is 1. The Balaban J connectivity index is 2.09. The second kappa shape index (κ2) is 5.40. The summed E-state index contributed by atoms with van der Waals surface area (Å²) in [6, 6.07) is 9.75. The first-order chi connectivity index (χ1) is 10.6. The number of aromatic nitrogens is 1. The Hall–Kier alpha value is -3.02. The zero-order valence-corrected chi connectivity index (χ0v) is 11.3. The molecule has 0 atom stereocenters. The van der Waals surface area contributed by atoms with Crippen molar-refractivity contribution in [1.82, 2.24) is 4.98 Å². The summed E-state index contributed by atoms with van der Waals surface area (Å²) in [5, 5.41) is 2.80. The van der Waals surface area contributed by atoms with Gasteiger partial charge in [0.15, 0.2) is 0 Å². The number of pyridine rings is 1. The van der Waals surface area contributed by atoms with E-state index in [1.165, 1.54) is 42.6 Å². The van der Waals surface area contributed by atoms with Crippen LogP contribution in [0.3, 0.4) is 0 Å². The van der Waals surface area contributed by atoms with Crippen molar-refractivity contribution in [1.29, 1.82) is 0 Å². The van der Waals surface area contributed by atoms with Gasteiger partial charge in [0.25, 0.3) is 5.91 Å². The van der Waals surface area contributed by atoms with Gasteiger partial charge in [-0.15, -0.1) is 0 Å². The molecule has 4 nitrogen and oxygen atoms in total. The van der Waals surface area contributed by atoms with Crippen molar-refractivity contribution in [3.8, 4) is 0 Å². The summed E-state index contributed by atoms with van der Waals surface area (Å²) in [6.07, 6.45) is 1.31. The maximum Gasteiger partial charge on any atom is 0.275 e. The number of amides is 1. The van der Waals surface area contributed by atoms with Crippen molar-refractivity contribution in [2.45, 2.75) is 0 Å². The molecule has 3 N–H and O–H groups in total. The molecule has 2 aromatic carbocycles. The Kier molecular flexibility index (Phi) is 3.42. The molecule has 0 aliphatic rings. The maximum atomic E-state index is 13.8. The molecule has 0 saturated heterocycles. The molecule has 3 aromatic rings. The lowest BCUT2D eigenvalue weighted by Crippen LogP contribution is -2.15. The highest BCUT2D eigenvalue weighted by molar-refractivity contribution is 6.14. The minimum atomic E-state index is -0.659. The summed E-state index contributed by atoms with van der Waals surface area (Å²) < 4.78 is 27.4. The van der Waals surface area contributed by atoms with Crippen LogP contribution < -0.4 is 11.1 Å². The number of carbonyl (C=O) groups excluding carboxylic acids is 1. The van der Waals surface area contributed by atoms with Gasteiger partial charge in [0.05, 0.1) is 5.69 Å². The summed E-state index contributed by atoms with van der Waals surface area (Å²) in [6.45, 7) is 0. The molecule has 0 saturated carbocycles. The largest absolute Gasteiger partial charge is 0.398 e. The van der Waals surface area contributed by atoms with Gasteiger partial charge in [-0.1, -0.05) is 12.1 Å². The summed E-state index contributed by atoms with van der Waals surface area (Å²) in [7, 11) is 0. The molecule has 0 aliphatic carbocycles. The monoisotopic (exact) mass is 299 g/mol. The lowest BCUT2D eigenvalue weighted by Gasteiger charge is -2.10. The normalized spacial score (nSPS) is 10.6. The zero-order chi connectivity index (χ0) is 15.7. The van der Waals surface area contributed by atoms with Gasteiger partial charge in [-0.05, 0) is 30.3 Å². The molecule has 0 unspecified atom stereocenters. The molecule has 1 aromatic heterocycles. The summed E-state index contributed by atoms with van der Waals surface area (Å²) >= 11 is 0. The minimum Gasteiger partial charge on any atom is -0.398 e. The van der Waals surface area contributed by atoms with Gasteiger partial charge in [-0.2, -0.15) is 0 Å². The van der Waals surface area contributed by atoms with Crippen molar-refractivity contribution < 1.29 is 13.6 Å². The SMILES string of the molecule is Nc1ccc(F)c2ccnc(C(=O)Nc3ccccc3F)c12. The lowest BCUT2D eigenvalue weighted by atomic mass is 10.1. The van der Waals surface area contributed by atoms with E-state index < -0.39 is 17.5 Å². The number of carbonyl (C=O) groups is 1. The van der Waals surface area contributed by atoms with Crippen LogP contribution in [0.15, 0.2) is 48.7 Å². The molecule has 110 valence electrons. The van der Waals surface area contributed by atoms with E-state index in [2.05, 4.69) is 10.3 Å². The van der Waals surface area contributed by atoms with E-state index in [0.29, 0.717) is 0 Å². The van der Waals surface area contributed by atoms with Crippen LogP contribution in [-0.2, 0) is 0 Å². The van der Waals surface area contributed by atoms with Gasteiger partial charge in [-0.3, -0.25) is 9.78 Å². The van der Waals surface area contributed by atoms with E-state index in [9.17, 15) is 13.6 Å². The molecular formula is C16H11F2N3O. The van der Waals surface area contributed by atoms with Crippen LogP contribution in [0.4, 0.5) is 20.2 Å². The van der Waals surface area contributed by atoms with E-state index in [-0.39, 0.29) is 27.8 Å². The minimum absolute atomic E-state index is 0.0151. The van der Waals surface area contributed by atoms with E-state index in [0.717, 1.165) is 0 Å². The summed E-state index contributed by atoms with van der Waals surface area (Å²) in [5.74, 6) is -1.74. The second-order valence-corrected chi connectivity index (χ2v) is 4.65. The first kappa shape index (κ1) is 13.9. The fraction of sp³-hybridized carbons (Fsp3) is 0.